The van der Waals surface area contributed by atoms with Crippen molar-refractivity contribution in [1.82, 2.24) is 10.3 Å². The van der Waals surface area contributed by atoms with Gasteiger partial charge >= 0.3 is 12.0 Å². The highest BCUT2D eigenvalue weighted by Gasteiger charge is 2.27. The number of amides is 1. The molecule has 1 fully saturated rings. The van der Waals surface area contributed by atoms with Crippen LogP contribution in [0.4, 0.5) is 17.6 Å². The average Bonchev–Trinajstić information content (AvgIpc) is 3.57. The molecule has 1 heterocycles. The topological polar surface area (TPSA) is 127 Å². The fraction of sp³-hybridized carbons (Fsp3) is 0.321. The summed E-state index contributed by atoms with van der Waals surface area (Å²) in [6.07, 6.45) is -2.34. The molecule has 1 aromatic heterocycles. The van der Waals surface area contributed by atoms with Crippen LogP contribution < -0.4 is 20.8 Å². The lowest BCUT2D eigenvalue weighted by molar-refractivity contribution is -0.377. The van der Waals surface area contributed by atoms with E-state index in [1.807, 2.05) is 13.0 Å². The van der Waals surface area contributed by atoms with Gasteiger partial charge in [-0.3, -0.25) is 9.79 Å². The van der Waals surface area contributed by atoms with Crippen LogP contribution in [0.1, 0.15) is 52.7 Å². The van der Waals surface area contributed by atoms with E-state index in [2.05, 4.69) is 20.3 Å². The van der Waals surface area contributed by atoms with E-state index >= 15 is 0 Å². The Morgan fingerprint density at radius 2 is 2.08 bits per heavy atom. The third kappa shape index (κ3) is 7.06. The molecule has 0 saturated heterocycles. The first-order chi connectivity index (χ1) is 19.0. The summed E-state index contributed by atoms with van der Waals surface area (Å²) in [6.45, 7) is 1.22. The number of para-hydroxylation sites is 1. The van der Waals surface area contributed by atoms with E-state index in [0.29, 0.717) is 11.3 Å². The van der Waals surface area contributed by atoms with Crippen LogP contribution in [-0.2, 0) is 0 Å². The normalized spacial score (nSPS) is 15.2. The molecule has 6 N–H and O–H groups in total. The zero-order chi connectivity index (χ0) is 29.0. The lowest BCUT2D eigenvalue weighted by atomic mass is 10.0. The molecule has 1 aliphatic carbocycles. The van der Waals surface area contributed by atoms with Crippen molar-refractivity contribution >= 4 is 11.6 Å². The number of nitrogens with one attached hydrogen (secondary N) is 3. The average molecular weight is 561 g/mol. The molecular weight excluding hydrogens is 530 g/mol. The lowest BCUT2D eigenvalue weighted by Crippen LogP contribution is -2.26. The maximum Gasteiger partial charge on any atom is 0.390 e. The molecular formula is C28H30F4N5O3+. The SMILES string of the molecule is COc1c(F)cccc1C(O)C(N)=CC(=NCCC(F)(F)F)c1[nH]c(-c2ccc(C(=O)NC3CC3)c(C)c2)c[nH+]1. The molecule has 212 valence electrons. The molecule has 40 heavy (non-hydrogen) atoms. The molecule has 1 amide bonds. The number of aliphatic hydroxyl groups is 1. The number of aromatic amines is 2. The van der Waals surface area contributed by atoms with Gasteiger partial charge in [-0.2, -0.15) is 13.2 Å². The predicted octanol–water partition coefficient (Wildman–Crippen LogP) is 4.16. The molecule has 2 aromatic carbocycles. The van der Waals surface area contributed by atoms with Gasteiger partial charge in [-0.25, -0.2) is 14.4 Å². The van der Waals surface area contributed by atoms with Crippen LogP contribution in [0.15, 0.2) is 59.4 Å². The Bertz CT molecular complexity index is 1440. The van der Waals surface area contributed by atoms with Gasteiger partial charge in [0.2, 0.25) is 0 Å². The summed E-state index contributed by atoms with van der Waals surface area (Å²) >= 11 is 0. The summed E-state index contributed by atoms with van der Waals surface area (Å²) in [5.74, 6) is -0.829. The molecule has 0 spiro atoms. The lowest BCUT2D eigenvalue weighted by Gasteiger charge is -2.15. The number of ether oxygens (including phenoxy) is 1. The van der Waals surface area contributed by atoms with Gasteiger partial charge < -0.3 is 20.9 Å². The Balaban J connectivity index is 1.63. The van der Waals surface area contributed by atoms with Gasteiger partial charge in [0.1, 0.15) is 18.0 Å². The Labute approximate surface area is 228 Å². The highest BCUT2D eigenvalue weighted by atomic mass is 19.4. The van der Waals surface area contributed by atoms with Gasteiger partial charge in [-0.1, -0.05) is 12.1 Å². The Hall–Kier alpha value is -4.19. The number of alkyl halides is 3. The van der Waals surface area contributed by atoms with Crippen LogP contribution in [0.5, 0.6) is 5.75 Å². The maximum absolute atomic E-state index is 14.1. The number of nitrogens with zero attached hydrogens (tertiary/aromatic N) is 1. The molecule has 12 heteroatoms. The van der Waals surface area contributed by atoms with Crippen LogP contribution in [0.3, 0.4) is 0 Å². The minimum absolute atomic E-state index is 0.0135. The Morgan fingerprint density at radius 3 is 2.73 bits per heavy atom. The third-order valence-electron chi connectivity index (χ3n) is 6.36. The number of hydrogen-bond donors (Lipinski definition) is 4. The molecule has 0 aliphatic heterocycles. The quantitative estimate of drug-likeness (QED) is 0.219. The maximum atomic E-state index is 14.1. The number of halogens is 4. The summed E-state index contributed by atoms with van der Waals surface area (Å²) in [7, 11) is 1.24. The number of benzene rings is 2. The monoisotopic (exact) mass is 560 g/mol. The van der Waals surface area contributed by atoms with E-state index in [4.69, 9.17) is 10.5 Å². The zero-order valence-electron chi connectivity index (χ0n) is 21.9. The number of aryl methyl sites for hydroxylation is 1. The number of nitrogens with two attached hydrogens (primary N) is 1. The van der Waals surface area contributed by atoms with E-state index in [1.165, 1.54) is 25.3 Å². The van der Waals surface area contributed by atoms with Crippen molar-refractivity contribution in [2.45, 2.75) is 44.5 Å². The summed E-state index contributed by atoms with van der Waals surface area (Å²) < 4.78 is 57.7. The molecule has 1 aliphatic rings. The molecule has 8 nitrogen and oxygen atoms in total. The van der Waals surface area contributed by atoms with Crippen molar-refractivity contribution < 1.29 is 37.2 Å². The molecule has 0 radical (unpaired) electrons. The highest BCUT2D eigenvalue weighted by molar-refractivity contribution is 6.05. The molecule has 3 aromatic rings. The van der Waals surface area contributed by atoms with Crippen molar-refractivity contribution in [2.75, 3.05) is 13.7 Å². The summed E-state index contributed by atoms with van der Waals surface area (Å²) in [5.41, 5.74) is 8.58. The van der Waals surface area contributed by atoms with Gasteiger partial charge in [0, 0.05) is 35.0 Å². The van der Waals surface area contributed by atoms with Crippen LogP contribution in [0, 0.1) is 12.7 Å². The first-order valence-corrected chi connectivity index (χ1v) is 12.6. The van der Waals surface area contributed by atoms with Gasteiger partial charge in [0.05, 0.1) is 13.5 Å². The standard InChI is InChI=1S/C28H29F4N5O3/c1-15-12-16(6-9-18(15)27(39)36-17-7-8-17)23-14-35-26(37-23)22(34-11-10-28(30,31)32)13-21(33)24(38)19-4-3-5-20(29)25(19)40-2/h3-6,9,12-14,17,24,38H,7-8,10-11,33H2,1-2H3,(H,35,37)(H,36,39)/p+1. The number of allylic oxidation sites excluding steroid dienone is 1. The van der Waals surface area contributed by atoms with Gasteiger partial charge in [0.15, 0.2) is 17.3 Å². The van der Waals surface area contributed by atoms with Crippen LogP contribution >= 0.6 is 0 Å². The highest BCUT2D eigenvalue weighted by Crippen LogP contribution is 2.31. The van der Waals surface area contributed by atoms with Crippen molar-refractivity contribution in [3.8, 4) is 17.0 Å². The van der Waals surface area contributed by atoms with Crippen molar-refractivity contribution in [2.24, 2.45) is 10.7 Å². The molecule has 0 bridgehead atoms. The summed E-state index contributed by atoms with van der Waals surface area (Å²) in [4.78, 5) is 22.5. The van der Waals surface area contributed by atoms with Gasteiger partial charge in [-0.15, -0.1) is 0 Å². The summed E-state index contributed by atoms with van der Waals surface area (Å²) in [6, 6.07) is 9.45. The van der Waals surface area contributed by atoms with Crippen LogP contribution in [0.2, 0.25) is 0 Å². The van der Waals surface area contributed by atoms with E-state index < -0.39 is 31.1 Å². The van der Waals surface area contributed by atoms with Gasteiger partial charge in [-0.05, 0) is 55.7 Å². The van der Waals surface area contributed by atoms with Crippen LogP contribution in [-0.4, -0.2) is 47.6 Å². The van der Waals surface area contributed by atoms with Gasteiger partial charge in [0.25, 0.3) is 5.91 Å². The van der Waals surface area contributed by atoms with E-state index in [0.717, 1.165) is 30.0 Å². The molecule has 1 saturated carbocycles. The largest absolute Gasteiger partial charge is 0.493 e. The summed E-state index contributed by atoms with van der Waals surface area (Å²) in [5, 5.41) is 13.7. The minimum atomic E-state index is -4.42. The number of aliphatic imine (C=N–C) groups is 1. The fourth-order valence-corrected chi connectivity index (χ4v) is 4.09. The second kappa shape index (κ2) is 11.9. The molecule has 1 atom stereocenters. The predicted molar refractivity (Wildman–Crippen MR) is 140 cm³/mol. The van der Waals surface area contributed by atoms with Crippen molar-refractivity contribution in [1.29, 1.82) is 0 Å². The van der Waals surface area contributed by atoms with Crippen LogP contribution in [0.25, 0.3) is 11.3 Å². The van der Waals surface area contributed by atoms with E-state index in [-0.39, 0.29) is 40.5 Å². The number of rotatable bonds is 10. The zero-order valence-corrected chi connectivity index (χ0v) is 21.9. The van der Waals surface area contributed by atoms with E-state index in [9.17, 15) is 27.5 Å². The number of aliphatic hydroxyl groups excluding tert-OH is 1. The number of hydrogen-bond acceptors (Lipinski definition) is 5. The number of carbonyl (C=O) groups is 1. The number of methoxy groups -OCH3 is 1. The number of imidazole rings is 1. The second-order valence-electron chi connectivity index (χ2n) is 9.52. The first-order valence-electron chi connectivity index (χ1n) is 12.6. The van der Waals surface area contributed by atoms with Crippen molar-refractivity contribution in [3.05, 3.63) is 82.7 Å². The molecule has 1 unspecified atom stereocenters. The Morgan fingerprint density at radius 1 is 1.32 bits per heavy atom. The second-order valence-corrected chi connectivity index (χ2v) is 9.52. The van der Waals surface area contributed by atoms with E-state index in [1.54, 1.807) is 18.3 Å². The fourth-order valence-electron chi connectivity index (χ4n) is 4.09. The third-order valence-corrected chi connectivity index (χ3v) is 6.36. The minimum Gasteiger partial charge on any atom is -0.493 e. The first kappa shape index (κ1) is 28.8. The Kier molecular flexibility index (Phi) is 8.58. The number of H-pyrrole nitrogens is 2. The van der Waals surface area contributed by atoms with Crippen molar-refractivity contribution in [3.63, 3.8) is 0 Å². The number of carbonyl (C=O) groups excluding carboxylic acids is 1. The smallest absolute Gasteiger partial charge is 0.390 e. The molecule has 4 rings (SSSR count). The number of aromatic nitrogens is 2.